The summed E-state index contributed by atoms with van der Waals surface area (Å²) in [6, 6.07) is 0. The molecule has 0 aromatic heterocycles. The fourth-order valence-corrected chi connectivity index (χ4v) is 5.34. The molecule has 11 heteroatoms. The van der Waals surface area contributed by atoms with E-state index in [2.05, 4.69) is 79.1 Å². The van der Waals surface area contributed by atoms with E-state index in [4.69, 9.17) is 19.1 Å². The van der Waals surface area contributed by atoms with Crippen LogP contribution in [-0.2, 0) is 32.7 Å². The fourth-order valence-electron chi connectivity index (χ4n) is 4.55. The number of rotatable bonds is 34. The molecule has 0 bridgehead atoms. The number of hydrogen-bond acceptors (Lipinski definition) is 9. The van der Waals surface area contributed by atoms with Crippen LogP contribution in [-0.4, -0.2) is 65.7 Å². The van der Waals surface area contributed by atoms with Crippen molar-refractivity contribution < 1.29 is 47.8 Å². The maximum atomic E-state index is 12.5. The predicted octanol–water partition coefficient (Wildman–Crippen LogP) is 9.16. The maximum Gasteiger partial charge on any atom is 0.472 e. The van der Waals surface area contributed by atoms with Crippen molar-refractivity contribution in [3.63, 3.8) is 0 Å². The van der Waals surface area contributed by atoms with E-state index in [1.54, 1.807) is 0 Å². The zero-order chi connectivity index (χ0) is 37.0. The molecule has 0 rings (SSSR count). The lowest BCUT2D eigenvalue weighted by atomic mass is 10.1. The minimum Gasteiger partial charge on any atom is -0.462 e. The van der Waals surface area contributed by atoms with Crippen molar-refractivity contribution in [1.29, 1.82) is 0 Å². The number of phosphoric acid groups is 1. The van der Waals surface area contributed by atoms with Gasteiger partial charge < -0.3 is 24.6 Å². The van der Waals surface area contributed by atoms with Crippen LogP contribution in [0.5, 0.6) is 0 Å². The molecule has 0 aliphatic heterocycles. The molecule has 1 unspecified atom stereocenters. The van der Waals surface area contributed by atoms with Crippen molar-refractivity contribution in [3.8, 4) is 0 Å². The molecule has 0 radical (unpaired) electrons. The first kappa shape index (κ1) is 47.7. The van der Waals surface area contributed by atoms with Crippen LogP contribution >= 0.6 is 7.82 Å². The molecule has 0 aromatic rings. The lowest BCUT2D eigenvalue weighted by molar-refractivity contribution is -0.161. The summed E-state index contributed by atoms with van der Waals surface area (Å²) in [6.07, 6.45) is 36.4. The molecule has 288 valence electrons. The van der Waals surface area contributed by atoms with Gasteiger partial charge >= 0.3 is 19.8 Å². The molecule has 0 spiro atoms. The molecule has 3 N–H and O–H groups in total. The SMILES string of the molecule is CC/C=C/C/C=C/C/C=C/C/C=C/C/C=C/CCCCCC(=O)OC[C@@H](COP(=O)(O)OC[C@H](O)CO)OC(=O)CCCCCCCCCC. The molecular weight excluding hydrogens is 659 g/mol. The summed E-state index contributed by atoms with van der Waals surface area (Å²) in [5, 5.41) is 18.2. The van der Waals surface area contributed by atoms with Gasteiger partial charge in [-0.1, -0.05) is 126 Å². The molecule has 0 saturated heterocycles. The normalized spacial score (nSPS) is 14.7. The van der Waals surface area contributed by atoms with Gasteiger partial charge in [-0.2, -0.15) is 0 Å². The van der Waals surface area contributed by atoms with Gasteiger partial charge in [0.15, 0.2) is 6.10 Å². The average molecular weight is 727 g/mol. The van der Waals surface area contributed by atoms with E-state index in [-0.39, 0.29) is 19.4 Å². The number of carbonyl (C=O) groups is 2. The highest BCUT2D eigenvalue weighted by atomic mass is 31.2. The smallest absolute Gasteiger partial charge is 0.462 e. The number of carbonyl (C=O) groups excluding carboxylic acids is 2. The summed E-state index contributed by atoms with van der Waals surface area (Å²) in [7, 11) is -4.61. The third kappa shape index (κ3) is 34.1. The summed E-state index contributed by atoms with van der Waals surface area (Å²) in [5.41, 5.74) is 0. The van der Waals surface area contributed by atoms with Gasteiger partial charge in [0.2, 0.25) is 0 Å². The molecule has 0 saturated carbocycles. The Labute approximate surface area is 302 Å². The zero-order valence-electron chi connectivity index (χ0n) is 30.8. The minimum absolute atomic E-state index is 0.174. The first-order chi connectivity index (χ1) is 24.2. The van der Waals surface area contributed by atoms with Gasteiger partial charge in [0.25, 0.3) is 0 Å². The van der Waals surface area contributed by atoms with E-state index in [0.29, 0.717) is 12.8 Å². The first-order valence-electron chi connectivity index (χ1n) is 18.7. The van der Waals surface area contributed by atoms with Crippen LogP contribution in [0.15, 0.2) is 60.8 Å². The van der Waals surface area contributed by atoms with E-state index < -0.39 is 51.8 Å². The van der Waals surface area contributed by atoms with E-state index in [0.717, 1.165) is 70.6 Å². The van der Waals surface area contributed by atoms with E-state index in [9.17, 15) is 24.2 Å². The van der Waals surface area contributed by atoms with Crippen LogP contribution in [0, 0.1) is 0 Å². The maximum absolute atomic E-state index is 12.5. The van der Waals surface area contributed by atoms with Gasteiger partial charge in [-0.15, -0.1) is 0 Å². The van der Waals surface area contributed by atoms with Gasteiger partial charge in [-0.25, -0.2) is 4.57 Å². The van der Waals surface area contributed by atoms with Crippen molar-refractivity contribution in [2.75, 3.05) is 26.4 Å². The van der Waals surface area contributed by atoms with Gasteiger partial charge in [0.1, 0.15) is 12.7 Å². The Kier molecular flexibility index (Phi) is 33.5. The van der Waals surface area contributed by atoms with E-state index in [1.807, 2.05) is 0 Å². The molecule has 0 amide bonds. The van der Waals surface area contributed by atoms with Crippen LogP contribution in [0.2, 0.25) is 0 Å². The highest BCUT2D eigenvalue weighted by Gasteiger charge is 2.27. The second-order valence-corrected chi connectivity index (χ2v) is 13.7. The van der Waals surface area contributed by atoms with Crippen LogP contribution in [0.3, 0.4) is 0 Å². The number of esters is 2. The highest BCUT2D eigenvalue weighted by Crippen LogP contribution is 2.43. The second-order valence-electron chi connectivity index (χ2n) is 12.2. The Bertz CT molecular complexity index is 1020. The lowest BCUT2D eigenvalue weighted by Crippen LogP contribution is -2.29. The summed E-state index contributed by atoms with van der Waals surface area (Å²) in [6.45, 7) is 2.15. The number of ether oxygens (including phenoxy) is 2. The molecule has 0 heterocycles. The van der Waals surface area contributed by atoms with E-state index >= 15 is 0 Å². The predicted molar refractivity (Wildman–Crippen MR) is 200 cm³/mol. The number of phosphoric ester groups is 1. The van der Waals surface area contributed by atoms with Gasteiger partial charge in [-0.05, 0) is 57.8 Å². The quantitative estimate of drug-likeness (QED) is 0.0254. The number of aliphatic hydroxyl groups excluding tert-OH is 2. The Morgan fingerprint density at radius 1 is 0.620 bits per heavy atom. The van der Waals surface area contributed by atoms with Gasteiger partial charge in [0.05, 0.1) is 19.8 Å². The van der Waals surface area contributed by atoms with Crippen molar-refractivity contribution in [3.05, 3.63) is 60.8 Å². The van der Waals surface area contributed by atoms with Crippen molar-refractivity contribution in [2.45, 2.75) is 148 Å². The molecular formula is C39H67O10P. The Balaban J connectivity index is 4.37. The Hall–Kier alpha value is -2.33. The highest BCUT2D eigenvalue weighted by molar-refractivity contribution is 7.47. The molecule has 50 heavy (non-hydrogen) atoms. The van der Waals surface area contributed by atoms with Gasteiger partial charge in [0, 0.05) is 12.8 Å². The molecule has 0 aliphatic carbocycles. The fraction of sp³-hybridized carbons (Fsp3) is 0.692. The topological polar surface area (TPSA) is 149 Å². The van der Waals surface area contributed by atoms with Crippen LogP contribution in [0.4, 0.5) is 0 Å². The molecule has 3 atom stereocenters. The second kappa shape index (κ2) is 35.1. The van der Waals surface area contributed by atoms with E-state index in [1.165, 1.54) is 25.7 Å². The molecule has 0 fully saturated rings. The summed E-state index contributed by atoms with van der Waals surface area (Å²) < 4.78 is 32.4. The monoisotopic (exact) mass is 726 g/mol. The molecule has 0 aliphatic rings. The summed E-state index contributed by atoms with van der Waals surface area (Å²) in [5.74, 6) is -0.974. The lowest BCUT2D eigenvalue weighted by Gasteiger charge is -2.20. The Morgan fingerprint density at radius 2 is 1.10 bits per heavy atom. The number of aliphatic hydroxyl groups is 2. The summed E-state index contributed by atoms with van der Waals surface area (Å²) >= 11 is 0. The number of hydrogen-bond donors (Lipinski definition) is 3. The van der Waals surface area contributed by atoms with Crippen LogP contribution in [0.1, 0.15) is 136 Å². The van der Waals surface area contributed by atoms with Crippen LogP contribution in [0.25, 0.3) is 0 Å². The number of unbranched alkanes of at least 4 members (excludes halogenated alkanes) is 10. The third-order valence-electron chi connectivity index (χ3n) is 7.44. The largest absolute Gasteiger partial charge is 0.472 e. The van der Waals surface area contributed by atoms with Crippen molar-refractivity contribution in [1.82, 2.24) is 0 Å². The van der Waals surface area contributed by atoms with Crippen LogP contribution < -0.4 is 0 Å². The molecule has 10 nitrogen and oxygen atoms in total. The number of allylic oxidation sites excluding steroid dienone is 10. The molecule has 0 aromatic carbocycles. The average Bonchev–Trinajstić information content (AvgIpc) is 3.10. The standard InChI is InChI=1S/C39H67O10P/c1-3-5-7-9-11-13-14-15-16-17-18-19-20-21-22-23-25-26-28-30-38(42)46-34-37(35-48-50(44,45)47-33-36(41)32-40)49-39(43)31-29-27-24-12-10-8-6-4-2/h5,7,11,13,15-16,18-19,21-22,36-37,40-41H,3-4,6,8-10,12,14,17,20,23-35H2,1-2H3,(H,44,45)/b7-5+,13-11+,16-15+,19-18+,22-21+/t36-,37+/m1/s1. The van der Waals surface area contributed by atoms with Crippen molar-refractivity contribution in [2.24, 2.45) is 0 Å². The summed E-state index contributed by atoms with van der Waals surface area (Å²) in [4.78, 5) is 34.7. The minimum atomic E-state index is -4.61. The van der Waals surface area contributed by atoms with Gasteiger partial charge in [-0.3, -0.25) is 18.6 Å². The zero-order valence-corrected chi connectivity index (χ0v) is 31.7. The van der Waals surface area contributed by atoms with Crippen molar-refractivity contribution >= 4 is 19.8 Å². The first-order valence-corrected chi connectivity index (χ1v) is 20.2. The Morgan fingerprint density at radius 3 is 1.66 bits per heavy atom. The third-order valence-corrected chi connectivity index (χ3v) is 8.39.